The molecule has 1 aromatic heterocycles. The molecule has 1 rings (SSSR count). The van der Waals surface area contributed by atoms with Crippen molar-refractivity contribution in [1.29, 1.82) is 0 Å². The van der Waals surface area contributed by atoms with Crippen molar-refractivity contribution in [3.05, 3.63) is 24.1 Å². The number of carbonyl (C=O) groups excluding carboxylic acids is 1. The molecule has 1 heterocycles. The lowest BCUT2D eigenvalue weighted by molar-refractivity contribution is 0.110. The van der Waals surface area contributed by atoms with Crippen molar-refractivity contribution in [2.45, 2.75) is 0 Å². The normalized spacial score (nSPS) is 10.6. The molecule has 0 saturated heterocycles. The lowest BCUT2D eigenvalue weighted by Gasteiger charge is -1.68. The maximum Gasteiger partial charge on any atom is 0.185 e. The van der Waals surface area contributed by atoms with E-state index in [1.165, 1.54) is 12.3 Å². The summed E-state index contributed by atoms with van der Waals surface area (Å²) in [5.74, 6) is 0.204. The summed E-state index contributed by atoms with van der Waals surface area (Å²) < 4.78 is 11.4. The zero-order valence-electron chi connectivity index (χ0n) is 4.55. The van der Waals surface area contributed by atoms with Crippen molar-refractivity contribution in [2.75, 3.05) is 0 Å². The van der Waals surface area contributed by atoms with Crippen LogP contribution in [-0.2, 0) is 0 Å². The van der Waals surface area contributed by atoms with Crippen LogP contribution >= 0.6 is 0 Å². The van der Waals surface area contributed by atoms with E-state index in [4.69, 9.17) is 1.37 Å². The number of rotatable bonds is 1. The topological polar surface area (TPSA) is 30.2 Å². The Balaban J connectivity index is 3.00. The largest absolute Gasteiger partial charge is 0.462 e. The molecule has 0 amide bonds. The van der Waals surface area contributed by atoms with Crippen molar-refractivity contribution in [3.8, 4) is 0 Å². The number of carbonyl (C=O) groups is 1. The standard InChI is InChI=1S/C5H4O2/c6-4-5-2-1-3-7-5/h1-4H/i1D. The fourth-order valence-electron chi connectivity index (χ4n) is 0.314. The van der Waals surface area contributed by atoms with E-state index in [0.29, 0.717) is 6.29 Å². The second-order valence-electron chi connectivity index (χ2n) is 1.07. The summed E-state index contributed by atoms with van der Waals surface area (Å²) in [6.07, 6.45) is 1.78. The van der Waals surface area contributed by atoms with E-state index in [9.17, 15) is 4.79 Å². The van der Waals surface area contributed by atoms with Crippen LogP contribution in [0.25, 0.3) is 0 Å². The van der Waals surface area contributed by atoms with Crippen LogP contribution in [0.15, 0.2) is 22.8 Å². The molecular weight excluding hydrogens is 92.1 g/mol. The van der Waals surface area contributed by atoms with Gasteiger partial charge in [-0.05, 0) is 12.1 Å². The van der Waals surface area contributed by atoms with E-state index in [1.54, 1.807) is 0 Å². The molecule has 0 fully saturated rings. The van der Waals surface area contributed by atoms with Crippen molar-refractivity contribution in [1.82, 2.24) is 0 Å². The van der Waals surface area contributed by atoms with Crippen LogP contribution in [0.3, 0.4) is 0 Å². The molecular formula is C5H4O2. The van der Waals surface area contributed by atoms with Gasteiger partial charge in [0.15, 0.2) is 12.0 Å². The van der Waals surface area contributed by atoms with Crippen molar-refractivity contribution < 1.29 is 10.6 Å². The first kappa shape index (κ1) is 3.02. The first-order valence-electron chi connectivity index (χ1n) is 2.33. The third-order valence-corrected chi connectivity index (χ3v) is 0.605. The van der Waals surface area contributed by atoms with Gasteiger partial charge in [-0.15, -0.1) is 0 Å². The van der Waals surface area contributed by atoms with Crippen molar-refractivity contribution >= 4 is 6.29 Å². The summed E-state index contributed by atoms with van der Waals surface area (Å²) in [6.45, 7) is 0. The summed E-state index contributed by atoms with van der Waals surface area (Å²) in [6, 6.07) is 1.58. The summed E-state index contributed by atoms with van der Waals surface area (Å²) in [7, 11) is 0. The van der Waals surface area contributed by atoms with Crippen LogP contribution in [0.1, 0.15) is 11.9 Å². The van der Waals surface area contributed by atoms with E-state index in [0.717, 1.165) is 0 Å². The fourth-order valence-corrected chi connectivity index (χ4v) is 0.314. The van der Waals surface area contributed by atoms with E-state index >= 15 is 0 Å². The highest BCUT2D eigenvalue weighted by Gasteiger charge is 1.84. The Morgan fingerprint density at radius 3 is 3.14 bits per heavy atom. The van der Waals surface area contributed by atoms with Crippen molar-refractivity contribution in [2.24, 2.45) is 0 Å². The number of aldehydes is 1. The second-order valence-corrected chi connectivity index (χ2v) is 1.07. The van der Waals surface area contributed by atoms with Gasteiger partial charge in [0.25, 0.3) is 0 Å². The number of furan rings is 1. The van der Waals surface area contributed by atoms with Gasteiger partial charge in [0.2, 0.25) is 0 Å². The molecule has 0 saturated carbocycles. The van der Waals surface area contributed by atoms with Crippen LogP contribution in [0.2, 0.25) is 0 Å². The van der Waals surface area contributed by atoms with Gasteiger partial charge in [0.05, 0.1) is 7.63 Å². The van der Waals surface area contributed by atoms with Gasteiger partial charge >= 0.3 is 0 Å². The van der Waals surface area contributed by atoms with Crippen LogP contribution < -0.4 is 0 Å². The molecule has 0 unspecified atom stereocenters. The Kier molecular flexibility index (Phi) is 0.689. The molecule has 0 radical (unpaired) electrons. The first-order valence-corrected chi connectivity index (χ1v) is 1.83. The van der Waals surface area contributed by atoms with E-state index < -0.39 is 0 Å². The minimum absolute atomic E-state index is 0.204. The van der Waals surface area contributed by atoms with E-state index in [2.05, 4.69) is 4.42 Å². The molecule has 0 aliphatic heterocycles. The summed E-state index contributed by atoms with van der Waals surface area (Å²) >= 11 is 0. The van der Waals surface area contributed by atoms with Gasteiger partial charge in [-0.25, -0.2) is 0 Å². The lowest BCUT2D eigenvalue weighted by atomic mass is 10.5. The van der Waals surface area contributed by atoms with Gasteiger partial charge in [-0.1, -0.05) is 0 Å². The Morgan fingerprint density at radius 1 is 2.00 bits per heavy atom. The Bertz CT molecular complexity index is 192. The lowest BCUT2D eigenvalue weighted by Crippen LogP contribution is -1.65. The number of hydrogen-bond donors (Lipinski definition) is 0. The predicted octanol–water partition coefficient (Wildman–Crippen LogP) is 1.09. The Hall–Kier alpha value is -1.05. The minimum Gasteiger partial charge on any atom is -0.462 e. The van der Waals surface area contributed by atoms with Gasteiger partial charge in [-0.2, -0.15) is 0 Å². The fraction of sp³-hybridized carbons (Fsp3) is 0. The van der Waals surface area contributed by atoms with Crippen LogP contribution in [0.5, 0.6) is 0 Å². The minimum atomic E-state index is 0.204. The third-order valence-electron chi connectivity index (χ3n) is 0.605. The summed E-state index contributed by atoms with van der Waals surface area (Å²) in [5.41, 5.74) is 0. The SMILES string of the molecule is [2H]c1coc(C=O)c1. The third kappa shape index (κ3) is 0.682. The zero-order valence-corrected chi connectivity index (χ0v) is 3.55. The van der Waals surface area contributed by atoms with Crippen LogP contribution in [-0.4, -0.2) is 6.29 Å². The Labute approximate surface area is 42.2 Å². The molecule has 0 atom stereocenters. The van der Waals surface area contributed by atoms with Crippen molar-refractivity contribution in [3.63, 3.8) is 0 Å². The monoisotopic (exact) mass is 97.0 g/mol. The maximum atomic E-state index is 9.84. The molecule has 0 aromatic carbocycles. The summed E-state index contributed by atoms with van der Waals surface area (Å²) in [5, 5.41) is 0. The molecule has 2 heteroatoms. The second kappa shape index (κ2) is 1.60. The molecule has 2 nitrogen and oxygen atoms in total. The molecule has 0 bridgehead atoms. The summed E-state index contributed by atoms with van der Waals surface area (Å²) in [4.78, 5) is 9.84. The molecule has 0 spiro atoms. The predicted molar refractivity (Wildman–Crippen MR) is 24.1 cm³/mol. The smallest absolute Gasteiger partial charge is 0.185 e. The molecule has 0 N–H and O–H groups in total. The highest BCUT2D eigenvalue weighted by molar-refractivity contribution is 5.69. The Morgan fingerprint density at radius 2 is 2.86 bits per heavy atom. The first-order chi connectivity index (χ1) is 3.83. The molecule has 1 aromatic rings. The number of hydrogen-bond acceptors (Lipinski definition) is 2. The van der Waals surface area contributed by atoms with E-state index in [1.807, 2.05) is 0 Å². The van der Waals surface area contributed by atoms with Gasteiger partial charge in [-0.3, -0.25) is 4.79 Å². The molecule has 36 valence electrons. The van der Waals surface area contributed by atoms with Gasteiger partial charge < -0.3 is 4.42 Å². The average molecular weight is 97.1 g/mol. The average Bonchev–Trinajstić information content (AvgIpc) is 2.14. The van der Waals surface area contributed by atoms with E-state index in [-0.39, 0.29) is 11.8 Å². The van der Waals surface area contributed by atoms with Crippen LogP contribution in [0, 0.1) is 0 Å². The highest BCUT2D eigenvalue weighted by atomic mass is 16.3. The molecule has 0 aliphatic rings. The van der Waals surface area contributed by atoms with Gasteiger partial charge in [0.1, 0.15) is 0 Å². The van der Waals surface area contributed by atoms with Crippen LogP contribution in [0.4, 0.5) is 0 Å². The molecule has 0 aliphatic carbocycles. The molecule has 7 heavy (non-hydrogen) atoms. The zero-order chi connectivity index (χ0) is 5.98. The highest BCUT2D eigenvalue weighted by Crippen LogP contribution is 1.92. The van der Waals surface area contributed by atoms with Gasteiger partial charge in [0, 0.05) is 0 Å². The maximum absolute atomic E-state index is 9.84. The quantitative estimate of drug-likeness (QED) is 0.491.